The van der Waals surface area contributed by atoms with Gasteiger partial charge >= 0.3 is 0 Å². The lowest BCUT2D eigenvalue weighted by molar-refractivity contribution is 0.668. The van der Waals surface area contributed by atoms with Crippen LogP contribution in [0, 0.1) is 0 Å². The van der Waals surface area contributed by atoms with Crippen molar-refractivity contribution < 1.29 is 8.83 Å². The van der Waals surface area contributed by atoms with Crippen molar-refractivity contribution in [3.63, 3.8) is 0 Å². The van der Waals surface area contributed by atoms with E-state index < -0.39 is 0 Å². The Morgan fingerprint density at radius 2 is 1.11 bits per heavy atom. The number of halogens is 1. The van der Waals surface area contributed by atoms with Gasteiger partial charge in [-0.25, -0.2) is 0 Å². The summed E-state index contributed by atoms with van der Waals surface area (Å²) in [5.41, 5.74) is 5.72. The number of para-hydroxylation sites is 1. The predicted molar refractivity (Wildman–Crippen MR) is 111 cm³/mol. The van der Waals surface area contributed by atoms with Crippen molar-refractivity contribution >= 4 is 55.5 Å². The zero-order valence-corrected chi connectivity index (χ0v) is 15.0. The van der Waals surface area contributed by atoms with Crippen LogP contribution >= 0.6 is 11.6 Å². The van der Waals surface area contributed by atoms with Gasteiger partial charge in [-0.1, -0.05) is 54.1 Å². The zero-order valence-electron chi connectivity index (χ0n) is 14.2. The number of benzene rings is 4. The Labute approximate surface area is 159 Å². The van der Waals surface area contributed by atoms with Crippen LogP contribution in [-0.2, 0) is 0 Å². The van der Waals surface area contributed by atoms with Crippen LogP contribution in [0.15, 0.2) is 87.7 Å². The molecule has 0 amide bonds. The van der Waals surface area contributed by atoms with Gasteiger partial charge in [0.25, 0.3) is 0 Å². The monoisotopic (exact) mass is 368 g/mol. The minimum absolute atomic E-state index is 0.701. The Kier molecular flexibility index (Phi) is 2.97. The third-order valence-electron chi connectivity index (χ3n) is 5.15. The highest BCUT2D eigenvalue weighted by Gasteiger charge is 2.17. The highest BCUT2D eigenvalue weighted by atomic mass is 35.5. The standard InChI is InChI=1S/C24H13ClO2/c25-14-11-12-20-18(13-14)24-16(7-4-10-22(24)27-20)15-6-3-9-21-23(15)17-5-1-2-8-19(17)26-21/h1-13H. The highest BCUT2D eigenvalue weighted by Crippen LogP contribution is 2.42. The molecule has 0 radical (unpaired) electrons. The molecule has 6 rings (SSSR count). The highest BCUT2D eigenvalue weighted by molar-refractivity contribution is 6.32. The molecule has 0 saturated carbocycles. The fourth-order valence-electron chi connectivity index (χ4n) is 4.02. The summed E-state index contributed by atoms with van der Waals surface area (Å²) in [6, 6.07) is 26.3. The molecule has 3 heteroatoms. The van der Waals surface area contributed by atoms with E-state index in [9.17, 15) is 0 Å². The molecule has 6 aromatic rings. The quantitative estimate of drug-likeness (QED) is 0.296. The van der Waals surface area contributed by atoms with E-state index in [1.54, 1.807) is 0 Å². The average Bonchev–Trinajstić information content (AvgIpc) is 3.25. The number of hydrogen-bond donors (Lipinski definition) is 0. The van der Waals surface area contributed by atoms with Gasteiger partial charge < -0.3 is 8.83 Å². The molecule has 2 heterocycles. The molecule has 27 heavy (non-hydrogen) atoms. The lowest BCUT2D eigenvalue weighted by atomic mass is 9.95. The van der Waals surface area contributed by atoms with E-state index in [1.807, 2.05) is 60.7 Å². The first kappa shape index (κ1) is 14.9. The first-order valence-corrected chi connectivity index (χ1v) is 9.19. The van der Waals surface area contributed by atoms with E-state index in [-0.39, 0.29) is 0 Å². The maximum atomic E-state index is 6.27. The van der Waals surface area contributed by atoms with Gasteiger partial charge in [0.1, 0.15) is 22.3 Å². The van der Waals surface area contributed by atoms with Crippen LogP contribution < -0.4 is 0 Å². The molecule has 2 nitrogen and oxygen atoms in total. The van der Waals surface area contributed by atoms with Crippen LogP contribution in [0.25, 0.3) is 55.0 Å². The minimum atomic E-state index is 0.701. The van der Waals surface area contributed by atoms with Crippen LogP contribution in [0.3, 0.4) is 0 Å². The van der Waals surface area contributed by atoms with Crippen LogP contribution in [-0.4, -0.2) is 0 Å². The van der Waals surface area contributed by atoms with Crippen molar-refractivity contribution in [2.45, 2.75) is 0 Å². The summed E-state index contributed by atoms with van der Waals surface area (Å²) < 4.78 is 12.1. The van der Waals surface area contributed by atoms with Gasteiger partial charge in [0.2, 0.25) is 0 Å². The molecule has 128 valence electrons. The van der Waals surface area contributed by atoms with E-state index in [1.165, 1.54) is 0 Å². The first-order valence-electron chi connectivity index (χ1n) is 8.81. The van der Waals surface area contributed by atoms with Crippen molar-refractivity contribution in [2.75, 3.05) is 0 Å². The summed E-state index contributed by atoms with van der Waals surface area (Å²) >= 11 is 6.27. The van der Waals surface area contributed by atoms with Gasteiger partial charge in [-0.15, -0.1) is 0 Å². The Bertz CT molecular complexity index is 1490. The normalized spacial score (nSPS) is 11.9. The van der Waals surface area contributed by atoms with Crippen molar-refractivity contribution in [1.29, 1.82) is 0 Å². The molecule has 0 spiro atoms. The molecule has 2 aromatic heterocycles. The van der Waals surface area contributed by atoms with Crippen molar-refractivity contribution in [1.82, 2.24) is 0 Å². The summed E-state index contributed by atoms with van der Waals surface area (Å²) in [7, 11) is 0. The molecule has 0 atom stereocenters. The molecule has 0 N–H and O–H groups in total. The largest absolute Gasteiger partial charge is 0.456 e. The van der Waals surface area contributed by atoms with Crippen molar-refractivity contribution in [3.8, 4) is 11.1 Å². The second-order valence-corrected chi connectivity index (χ2v) is 7.13. The van der Waals surface area contributed by atoms with Crippen molar-refractivity contribution in [2.24, 2.45) is 0 Å². The Morgan fingerprint density at radius 1 is 0.519 bits per heavy atom. The number of rotatable bonds is 1. The number of hydrogen-bond acceptors (Lipinski definition) is 2. The Balaban J connectivity index is 1.81. The first-order chi connectivity index (χ1) is 13.3. The smallest absolute Gasteiger partial charge is 0.136 e. The van der Waals surface area contributed by atoms with E-state index in [2.05, 4.69) is 18.2 Å². The van der Waals surface area contributed by atoms with E-state index in [4.69, 9.17) is 20.4 Å². The van der Waals surface area contributed by atoms with Crippen LogP contribution in [0.4, 0.5) is 0 Å². The topological polar surface area (TPSA) is 26.3 Å². The Hall–Kier alpha value is -3.23. The third-order valence-corrected chi connectivity index (χ3v) is 5.38. The van der Waals surface area contributed by atoms with Gasteiger partial charge in [-0.2, -0.15) is 0 Å². The van der Waals surface area contributed by atoms with Gasteiger partial charge in [-0.3, -0.25) is 0 Å². The van der Waals surface area contributed by atoms with Gasteiger partial charge in [0.15, 0.2) is 0 Å². The maximum absolute atomic E-state index is 6.27. The van der Waals surface area contributed by atoms with E-state index >= 15 is 0 Å². The second-order valence-electron chi connectivity index (χ2n) is 6.70. The van der Waals surface area contributed by atoms with Gasteiger partial charge in [-0.05, 0) is 47.5 Å². The van der Waals surface area contributed by atoms with Crippen LogP contribution in [0.5, 0.6) is 0 Å². The fraction of sp³-hybridized carbons (Fsp3) is 0. The minimum Gasteiger partial charge on any atom is -0.456 e. The average molecular weight is 369 g/mol. The second kappa shape index (κ2) is 5.38. The summed E-state index contributed by atoms with van der Waals surface area (Å²) in [4.78, 5) is 0. The van der Waals surface area contributed by atoms with Crippen molar-refractivity contribution in [3.05, 3.63) is 83.9 Å². The molecule has 0 bridgehead atoms. The SMILES string of the molecule is Clc1ccc2oc3cccc(-c4cccc5oc6ccccc6c45)c3c2c1. The predicted octanol–water partition coefficient (Wildman–Crippen LogP) is 7.81. The van der Waals surface area contributed by atoms with Crippen LogP contribution in [0.2, 0.25) is 5.02 Å². The number of fused-ring (bicyclic) bond motifs is 6. The summed E-state index contributed by atoms with van der Waals surface area (Å²) in [6.45, 7) is 0. The molecular weight excluding hydrogens is 356 g/mol. The fourth-order valence-corrected chi connectivity index (χ4v) is 4.19. The van der Waals surface area contributed by atoms with Crippen LogP contribution in [0.1, 0.15) is 0 Å². The molecule has 0 aliphatic heterocycles. The molecule has 0 fully saturated rings. The lowest BCUT2D eigenvalue weighted by Crippen LogP contribution is -1.81. The lowest BCUT2D eigenvalue weighted by Gasteiger charge is -2.06. The van der Waals surface area contributed by atoms with Gasteiger partial charge in [0, 0.05) is 26.6 Å². The molecule has 0 aliphatic carbocycles. The molecular formula is C24H13ClO2. The Morgan fingerprint density at radius 3 is 1.85 bits per heavy atom. The number of furan rings is 2. The van der Waals surface area contributed by atoms with Gasteiger partial charge in [0.05, 0.1) is 0 Å². The van der Waals surface area contributed by atoms with E-state index in [0.717, 1.165) is 55.0 Å². The summed E-state index contributed by atoms with van der Waals surface area (Å²) in [6.07, 6.45) is 0. The third kappa shape index (κ3) is 2.08. The summed E-state index contributed by atoms with van der Waals surface area (Å²) in [5, 5.41) is 5.04. The molecule has 0 saturated heterocycles. The molecule has 4 aromatic carbocycles. The molecule has 0 aliphatic rings. The van der Waals surface area contributed by atoms with E-state index in [0.29, 0.717) is 5.02 Å². The maximum Gasteiger partial charge on any atom is 0.136 e. The molecule has 0 unspecified atom stereocenters. The summed E-state index contributed by atoms with van der Waals surface area (Å²) in [5.74, 6) is 0. The zero-order chi connectivity index (χ0) is 18.0.